The number of hydrogen-bond donors (Lipinski definition) is 1. The highest BCUT2D eigenvalue weighted by atomic mass is 15.1. The van der Waals surface area contributed by atoms with Gasteiger partial charge in [0.2, 0.25) is 0 Å². The molecule has 2 heteroatoms. The predicted molar refractivity (Wildman–Crippen MR) is 87.2 cm³/mol. The third-order valence-corrected chi connectivity index (χ3v) is 4.41. The molecule has 1 aliphatic rings. The fraction of sp³-hybridized carbons (Fsp3) is 0.556. The van der Waals surface area contributed by atoms with Crippen LogP contribution in [0.15, 0.2) is 42.5 Å². The highest BCUT2D eigenvalue weighted by Gasteiger charge is 2.35. The summed E-state index contributed by atoms with van der Waals surface area (Å²) in [7, 11) is 0. The molecule has 0 spiro atoms. The molecule has 0 aromatic heterocycles. The van der Waals surface area contributed by atoms with E-state index in [4.69, 9.17) is 0 Å². The summed E-state index contributed by atoms with van der Waals surface area (Å²) in [5.41, 5.74) is 3.06. The molecular weight excluding hydrogens is 244 g/mol. The summed E-state index contributed by atoms with van der Waals surface area (Å²) < 4.78 is 0. The maximum absolute atomic E-state index is 4.08. The van der Waals surface area contributed by atoms with Gasteiger partial charge in [0.25, 0.3) is 0 Å². The fourth-order valence-corrected chi connectivity index (χ4v) is 3.32. The van der Waals surface area contributed by atoms with Crippen LogP contribution in [-0.2, 0) is 5.41 Å². The lowest BCUT2D eigenvalue weighted by molar-refractivity contribution is 0.190. The Morgan fingerprint density at radius 2 is 1.90 bits per heavy atom. The average Bonchev–Trinajstić information content (AvgIpc) is 2.48. The molecule has 1 fully saturated rings. The monoisotopic (exact) mass is 272 g/mol. The summed E-state index contributed by atoms with van der Waals surface area (Å²) in [5.74, 6) is 0. The van der Waals surface area contributed by atoms with E-state index < -0.39 is 0 Å². The summed E-state index contributed by atoms with van der Waals surface area (Å²) in [6, 6.07) is 11.1. The first-order valence-electron chi connectivity index (χ1n) is 7.79. The Bertz CT molecular complexity index is 418. The van der Waals surface area contributed by atoms with Gasteiger partial charge >= 0.3 is 0 Å². The fourth-order valence-electron chi connectivity index (χ4n) is 3.32. The van der Waals surface area contributed by atoms with E-state index in [-0.39, 0.29) is 0 Å². The number of hydrogen-bond acceptors (Lipinski definition) is 2. The zero-order chi connectivity index (χ0) is 14.4. The maximum Gasteiger partial charge on any atom is 0.0187 e. The molecule has 1 aromatic rings. The van der Waals surface area contributed by atoms with Crippen LogP contribution in [0, 0.1) is 0 Å². The molecule has 1 N–H and O–H groups in total. The van der Waals surface area contributed by atoms with E-state index >= 15 is 0 Å². The molecule has 1 aromatic carbocycles. The molecule has 20 heavy (non-hydrogen) atoms. The van der Waals surface area contributed by atoms with Gasteiger partial charge < -0.3 is 5.32 Å². The SMILES string of the molecule is C=C(C)CN(CC)CC1(c2ccccc2)CCNCC1. The summed E-state index contributed by atoms with van der Waals surface area (Å²) in [6.07, 6.45) is 2.45. The molecule has 0 bridgehead atoms. The van der Waals surface area contributed by atoms with Gasteiger partial charge in [0.15, 0.2) is 0 Å². The third-order valence-electron chi connectivity index (χ3n) is 4.41. The van der Waals surface area contributed by atoms with Crippen molar-refractivity contribution in [2.24, 2.45) is 0 Å². The highest BCUT2D eigenvalue weighted by molar-refractivity contribution is 5.27. The summed E-state index contributed by atoms with van der Waals surface area (Å²) in [5, 5.41) is 3.51. The van der Waals surface area contributed by atoms with Gasteiger partial charge in [-0.3, -0.25) is 4.90 Å². The Hall–Kier alpha value is -1.12. The molecule has 0 unspecified atom stereocenters. The van der Waals surface area contributed by atoms with Crippen molar-refractivity contribution < 1.29 is 0 Å². The maximum atomic E-state index is 4.08. The second kappa shape index (κ2) is 7.05. The first-order valence-corrected chi connectivity index (χ1v) is 7.79. The Labute approximate surface area is 123 Å². The van der Waals surface area contributed by atoms with Gasteiger partial charge in [-0.2, -0.15) is 0 Å². The number of benzene rings is 1. The normalized spacial score (nSPS) is 18.1. The molecule has 0 atom stereocenters. The lowest BCUT2D eigenvalue weighted by atomic mass is 9.72. The molecular formula is C18H28N2. The topological polar surface area (TPSA) is 15.3 Å². The van der Waals surface area contributed by atoms with E-state index in [1.807, 2.05) is 0 Å². The first-order chi connectivity index (χ1) is 9.66. The van der Waals surface area contributed by atoms with Crippen molar-refractivity contribution in [2.75, 3.05) is 32.7 Å². The lowest BCUT2D eigenvalue weighted by Crippen LogP contribution is -2.48. The zero-order valence-corrected chi connectivity index (χ0v) is 13.0. The number of likely N-dealkylation sites (N-methyl/N-ethyl adjacent to an activating group) is 1. The molecule has 1 heterocycles. The molecule has 1 saturated heterocycles. The summed E-state index contributed by atoms with van der Waals surface area (Å²) >= 11 is 0. The number of piperidine rings is 1. The van der Waals surface area contributed by atoms with Crippen LogP contribution in [0.2, 0.25) is 0 Å². The minimum atomic E-state index is 0.304. The third kappa shape index (κ3) is 3.71. The smallest absolute Gasteiger partial charge is 0.0187 e. The van der Waals surface area contributed by atoms with Crippen LogP contribution < -0.4 is 5.32 Å². The van der Waals surface area contributed by atoms with Gasteiger partial charge in [-0.15, -0.1) is 0 Å². The number of nitrogens with zero attached hydrogens (tertiary/aromatic N) is 1. The van der Waals surface area contributed by atoms with E-state index in [2.05, 4.69) is 61.0 Å². The first kappa shape index (κ1) is 15.3. The zero-order valence-electron chi connectivity index (χ0n) is 13.0. The van der Waals surface area contributed by atoms with Gasteiger partial charge in [-0.05, 0) is 45.0 Å². The Balaban J connectivity index is 2.21. The van der Waals surface area contributed by atoms with Gasteiger partial charge in [-0.1, -0.05) is 49.4 Å². The van der Waals surface area contributed by atoms with Crippen molar-refractivity contribution in [3.63, 3.8) is 0 Å². The van der Waals surface area contributed by atoms with Crippen molar-refractivity contribution in [3.8, 4) is 0 Å². The largest absolute Gasteiger partial charge is 0.317 e. The van der Waals surface area contributed by atoms with Crippen molar-refractivity contribution in [1.82, 2.24) is 10.2 Å². The standard InChI is InChI=1S/C18H28N2/c1-4-20(14-16(2)3)15-18(10-12-19-13-11-18)17-8-6-5-7-9-17/h5-9,19H,2,4,10-15H2,1,3H3. The quantitative estimate of drug-likeness (QED) is 0.800. The molecule has 0 saturated carbocycles. The number of nitrogens with one attached hydrogen (secondary N) is 1. The van der Waals surface area contributed by atoms with Crippen molar-refractivity contribution in [3.05, 3.63) is 48.0 Å². The van der Waals surface area contributed by atoms with Gasteiger partial charge in [0.1, 0.15) is 0 Å². The summed E-state index contributed by atoms with van der Waals surface area (Å²) in [4.78, 5) is 2.54. The van der Waals surface area contributed by atoms with Crippen LogP contribution in [0.1, 0.15) is 32.3 Å². The van der Waals surface area contributed by atoms with Crippen molar-refractivity contribution in [2.45, 2.75) is 32.1 Å². The molecule has 2 nitrogen and oxygen atoms in total. The van der Waals surface area contributed by atoms with Crippen LogP contribution in [0.3, 0.4) is 0 Å². The molecule has 0 amide bonds. The Kier molecular flexibility index (Phi) is 5.38. The molecule has 1 aliphatic heterocycles. The Morgan fingerprint density at radius 3 is 2.45 bits per heavy atom. The number of rotatable bonds is 6. The Morgan fingerprint density at radius 1 is 1.25 bits per heavy atom. The highest BCUT2D eigenvalue weighted by Crippen LogP contribution is 2.34. The second-order valence-electron chi connectivity index (χ2n) is 6.16. The van der Waals surface area contributed by atoms with Crippen LogP contribution in [0.25, 0.3) is 0 Å². The molecule has 110 valence electrons. The average molecular weight is 272 g/mol. The van der Waals surface area contributed by atoms with E-state index in [9.17, 15) is 0 Å². The van der Waals surface area contributed by atoms with Crippen LogP contribution in [0.5, 0.6) is 0 Å². The van der Waals surface area contributed by atoms with Gasteiger partial charge in [0.05, 0.1) is 0 Å². The summed E-state index contributed by atoms with van der Waals surface area (Å²) in [6.45, 7) is 13.9. The lowest BCUT2D eigenvalue weighted by Gasteiger charge is -2.42. The van der Waals surface area contributed by atoms with E-state index in [0.717, 1.165) is 32.7 Å². The predicted octanol–water partition coefficient (Wildman–Crippen LogP) is 3.21. The van der Waals surface area contributed by atoms with E-state index in [1.54, 1.807) is 0 Å². The van der Waals surface area contributed by atoms with Crippen LogP contribution in [-0.4, -0.2) is 37.6 Å². The van der Waals surface area contributed by atoms with Crippen LogP contribution >= 0.6 is 0 Å². The minimum Gasteiger partial charge on any atom is -0.317 e. The van der Waals surface area contributed by atoms with Crippen molar-refractivity contribution in [1.29, 1.82) is 0 Å². The molecule has 0 aliphatic carbocycles. The van der Waals surface area contributed by atoms with Gasteiger partial charge in [-0.25, -0.2) is 0 Å². The second-order valence-corrected chi connectivity index (χ2v) is 6.16. The van der Waals surface area contributed by atoms with E-state index in [0.29, 0.717) is 5.41 Å². The van der Waals surface area contributed by atoms with Crippen molar-refractivity contribution >= 4 is 0 Å². The molecule has 2 rings (SSSR count). The van der Waals surface area contributed by atoms with Gasteiger partial charge in [0, 0.05) is 18.5 Å². The van der Waals surface area contributed by atoms with Crippen LogP contribution in [0.4, 0.5) is 0 Å². The minimum absolute atomic E-state index is 0.304. The van der Waals surface area contributed by atoms with E-state index in [1.165, 1.54) is 24.0 Å². The molecule has 0 radical (unpaired) electrons.